The smallest absolute Gasteiger partial charge is 0.304 e. The second kappa shape index (κ2) is 15.3. The summed E-state index contributed by atoms with van der Waals surface area (Å²) >= 11 is 0. The topological polar surface area (TPSA) is 117 Å². The van der Waals surface area contributed by atoms with Gasteiger partial charge in [-0.3, -0.25) is 14.4 Å². The largest absolute Gasteiger partial charge is 0.489 e. The van der Waals surface area contributed by atoms with Gasteiger partial charge in [0.25, 0.3) is 0 Å². The van der Waals surface area contributed by atoms with Crippen LogP contribution in [0.25, 0.3) is 0 Å². The van der Waals surface area contributed by atoms with Crippen LogP contribution in [0, 0.1) is 5.92 Å². The maximum Gasteiger partial charge on any atom is 0.304 e. The molecule has 0 aliphatic carbocycles. The van der Waals surface area contributed by atoms with Crippen LogP contribution in [-0.2, 0) is 32.1 Å². The number of carboxylic acids is 1. The minimum Gasteiger partial charge on any atom is -0.489 e. The Morgan fingerprint density at radius 1 is 1.00 bits per heavy atom. The number of hydrogen-bond acceptors (Lipinski definition) is 5. The highest BCUT2D eigenvalue weighted by Gasteiger charge is 2.35. The first kappa shape index (κ1) is 30.9. The number of hydrogen-bond donors (Lipinski definition) is 3. The van der Waals surface area contributed by atoms with Crippen molar-refractivity contribution in [1.82, 2.24) is 10.6 Å². The summed E-state index contributed by atoms with van der Waals surface area (Å²) in [7, 11) is 0. The van der Waals surface area contributed by atoms with Gasteiger partial charge in [0.2, 0.25) is 17.5 Å². The molecule has 2 aliphatic rings. The van der Waals surface area contributed by atoms with Gasteiger partial charge in [-0.05, 0) is 48.9 Å². The fourth-order valence-electron chi connectivity index (χ4n) is 5.82. The van der Waals surface area contributed by atoms with Crippen molar-refractivity contribution in [2.45, 2.75) is 50.7 Å². The lowest BCUT2D eigenvalue weighted by atomic mass is 9.92. The summed E-state index contributed by atoms with van der Waals surface area (Å²) in [5.41, 5.74) is 4.34. The zero-order chi connectivity index (χ0) is 30.7. The Morgan fingerprint density at radius 2 is 1.77 bits per heavy atom. The number of nitrogens with one attached hydrogen (secondary N) is 2. The Kier molecular flexibility index (Phi) is 10.8. The van der Waals surface area contributed by atoms with Crippen molar-refractivity contribution in [3.8, 4) is 5.75 Å². The molecule has 2 bridgehead atoms. The molecule has 3 N–H and O–H groups in total. The van der Waals surface area contributed by atoms with E-state index >= 15 is 0 Å². The number of amides is 2. The Morgan fingerprint density at radius 3 is 2.57 bits per heavy atom. The molecule has 9 heteroatoms. The molecule has 0 radical (unpaired) electrons. The second-order valence-electron chi connectivity index (χ2n) is 11.3. The highest BCUT2D eigenvalue weighted by atomic mass is 16.5. The van der Waals surface area contributed by atoms with Gasteiger partial charge in [0.05, 0.1) is 18.9 Å². The van der Waals surface area contributed by atoms with Crippen LogP contribution in [0.5, 0.6) is 5.75 Å². The van der Waals surface area contributed by atoms with Gasteiger partial charge >= 0.3 is 5.97 Å². The third kappa shape index (κ3) is 8.54. The normalized spacial score (nSPS) is 18.9. The van der Waals surface area contributed by atoms with Crippen molar-refractivity contribution in [2.24, 2.45) is 5.92 Å². The maximum absolute atomic E-state index is 13.5. The molecule has 0 spiro atoms. The van der Waals surface area contributed by atoms with Crippen molar-refractivity contribution >= 4 is 29.7 Å². The summed E-state index contributed by atoms with van der Waals surface area (Å²) in [6.07, 6.45) is 3.88. The lowest BCUT2D eigenvalue weighted by molar-refractivity contribution is -0.437. The summed E-state index contributed by atoms with van der Waals surface area (Å²) < 4.78 is 13.7. The van der Waals surface area contributed by atoms with Crippen molar-refractivity contribution in [1.29, 1.82) is 0 Å². The van der Waals surface area contributed by atoms with Crippen molar-refractivity contribution < 1.29 is 33.5 Å². The van der Waals surface area contributed by atoms with Gasteiger partial charge in [-0.25, -0.2) is 0 Å². The van der Waals surface area contributed by atoms with Crippen LogP contribution < -0.4 is 15.4 Å². The first-order valence-electron chi connectivity index (χ1n) is 15.3. The van der Waals surface area contributed by atoms with E-state index in [1.54, 1.807) is 0 Å². The van der Waals surface area contributed by atoms with Crippen LogP contribution in [0.3, 0.4) is 0 Å². The number of carbonyl (C=O) groups excluding carboxylic acids is 2. The molecule has 1 unspecified atom stereocenters. The molecule has 230 valence electrons. The van der Waals surface area contributed by atoms with Gasteiger partial charge in [-0.1, -0.05) is 60.7 Å². The zero-order valence-corrected chi connectivity index (χ0v) is 24.8. The van der Waals surface area contributed by atoms with E-state index in [4.69, 9.17) is 9.47 Å². The third-order valence-electron chi connectivity index (χ3n) is 8.13. The van der Waals surface area contributed by atoms with E-state index in [0.717, 1.165) is 28.1 Å². The third-order valence-corrected chi connectivity index (χ3v) is 8.13. The Balaban J connectivity index is 1.19. The molecular weight excluding hydrogens is 558 g/mol. The minimum atomic E-state index is -1.04. The lowest BCUT2D eigenvalue weighted by Crippen LogP contribution is -2.50. The number of fused-ring (bicyclic) bond motifs is 4. The van der Waals surface area contributed by atoms with Crippen LogP contribution in [-0.4, -0.2) is 66.0 Å². The quantitative estimate of drug-likeness (QED) is 0.285. The Labute approximate surface area is 257 Å². The molecule has 3 aromatic rings. The molecule has 2 aliphatic heterocycles. The highest BCUT2D eigenvalue weighted by molar-refractivity contribution is 5.90. The van der Waals surface area contributed by atoms with E-state index in [0.29, 0.717) is 58.6 Å². The number of aryl methyl sites for hydroxylation is 1. The number of carboxylic acid groups (broad SMARTS) is 1. The molecule has 3 aromatic carbocycles. The number of para-hydroxylation sites is 1. The van der Waals surface area contributed by atoms with E-state index in [-0.39, 0.29) is 18.2 Å². The van der Waals surface area contributed by atoms with Crippen LogP contribution in [0.4, 0.5) is 5.69 Å². The fourth-order valence-corrected chi connectivity index (χ4v) is 5.82. The summed E-state index contributed by atoms with van der Waals surface area (Å²) in [5, 5.41) is 15.4. The second-order valence-corrected chi connectivity index (χ2v) is 11.3. The number of carbonyl (C=O) groups is 3. The molecule has 5 rings (SSSR count). The zero-order valence-electron chi connectivity index (χ0n) is 24.8. The maximum atomic E-state index is 13.5. The first-order chi connectivity index (χ1) is 21.5. The fraction of sp³-hybridized carbons (Fsp3) is 0.371. The number of nitrogens with zero attached hydrogens (tertiary/aromatic N) is 1. The van der Waals surface area contributed by atoms with Crippen LogP contribution in [0.1, 0.15) is 48.3 Å². The average Bonchev–Trinajstić information content (AvgIpc) is 3.38. The van der Waals surface area contributed by atoms with Gasteiger partial charge in [0, 0.05) is 24.1 Å². The van der Waals surface area contributed by atoms with Gasteiger partial charge in [-0.15, -0.1) is 0 Å². The van der Waals surface area contributed by atoms with Gasteiger partial charge < -0.3 is 25.2 Å². The lowest BCUT2D eigenvalue weighted by Gasteiger charge is -2.23. The predicted octanol–water partition coefficient (Wildman–Crippen LogP) is 4.21. The number of ether oxygens (including phenoxy) is 2. The molecule has 2 amide bonds. The van der Waals surface area contributed by atoms with E-state index in [1.807, 2.05) is 78.9 Å². The van der Waals surface area contributed by atoms with E-state index in [9.17, 15) is 19.5 Å². The number of benzene rings is 3. The number of aliphatic carboxylic acids is 1. The predicted molar refractivity (Wildman–Crippen MR) is 166 cm³/mol. The standard InChI is InChI=1S/C35H39N3O6/c39-33(40)22-27(10-6-9-25-13-15-29(16-14-25)44-24-26-7-2-1-3-8-26)34(41)37-31-21-28-23-38(32-12-5-4-11-30(28)32)18-20-43-19-17-36-35(31)42/h1-5,7-8,11-16,23,27-28,31H,6,9-10,17-22,24H2,(H2-,36,37,39,40,41,42)/p+1/t27-,28?,31+/m1/s1. The Bertz CT molecular complexity index is 1460. The average molecular weight is 599 g/mol. The molecule has 44 heavy (non-hydrogen) atoms. The molecule has 9 nitrogen and oxygen atoms in total. The highest BCUT2D eigenvalue weighted by Crippen LogP contribution is 2.34. The summed E-state index contributed by atoms with van der Waals surface area (Å²) in [5.74, 6) is -1.81. The van der Waals surface area contributed by atoms with E-state index in [2.05, 4.69) is 21.4 Å². The summed E-state index contributed by atoms with van der Waals surface area (Å²) in [4.78, 5) is 38.4. The molecule has 3 atom stereocenters. The summed E-state index contributed by atoms with van der Waals surface area (Å²) in [6.45, 7) is 2.43. The van der Waals surface area contributed by atoms with Gasteiger partial charge in [0.1, 0.15) is 25.0 Å². The molecule has 2 heterocycles. The van der Waals surface area contributed by atoms with E-state index < -0.39 is 23.8 Å². The van der Waals surface area contributed by atoms with Crippen molar-refractivity contribution in [3.05, 3.63) is 95.6 Å². The minimum absolute atomic E-state index is 0.0701. The van der Waals surface area contributed by atoms with Crippen LogP contribution in [0.2, 0.25) is 0 Å². The van der Waals surface area contributed by atoms with Crippen molar-refractivity contribution in [2.75, 3.05) is 26.3 Å². The summed E-state index contributed by atoms with van der Waals surface area (Å²) in [6, 6.07) is 25.0. The Hall–Kier alpha value is -4.50. The molecule has 0 saturated heterocycles. The molecule has 0 aromatic heterocycles. The first-order valence-corrected chi connectivity index (χ1v) is 15.3. The number of rotatable bonds is 11. The van der Waals surface area contributed by atoms with Gasteiger partial charge in [0.15, 0.2) is 12.8 Å². The van der Waals surface area contributed by atoms with E-state index in [1.165, 1.54) is 0 Å². The molecule has 0 fully saturated rings. The molecular formula is C35H40N3O6+. The molecule has 0 saturated carbocycles. The monoisotopic (exact) mass is 598 g/mol. The SMILES string of the molecule is O=C(O)C[C@@H](CCCc1ccc(OCc2ccccc2)cc1)C(=O)N[C@H]1CC2C=[N+](CCOCCNC1=O)c1ccccc12. The van der Waals surface area contributed by atoms with Crippen molar-refractivity contribution in [3.63, 3.8) is 0 Å². The van der Waals surface area contributed by atoms with Gasteiger partial charge in [-0.2, -0.15) is 4.58 Å². The van der Waals surface area contributed by atoms with Crippen LogP contribution in [0.15, 0.2) is 78.9 Å². The van der Waals surface area contributed by atoms with Crippen LogP contribution >= 0.6 is 0 Å².